The number of aliphatic hydroxyl groups excluding tert-OH is 1. The van der Waals surface area contributed by atoms with E-state index in [0.29, 0.717) is 10.8 Å². The Morgan fingerprint density at radius 3 is 2.50 bits per heavy atom. The van der Waals surface area contributed by atoms with E-state index in [9.17, 15) is 5.11 Å². The molecule has 78 valence electrons. The molecular weight excluding hydrogens is 200 g/mol. The van der Waals surface area contributed by atoms with Crippen molar-refractivity contribution >= 4 is 11.6 Å². The van der Waals surface area contributed by atoms with Crippen LogP contribution in [0.2, 0.25) is 5.02 Å². The van der Waals surface area contributed by atoms with Crippen LogP contribution in [0.4, 0.5) is 0 Å². The van der Waals surface area contributed by atoms with Crippen molar-refractivity contribution in [3.63, 3.8) is 0 Å². The van der Waals surface area contributed by atoms with E-state index in [1.165, 1.54) is 0 Å². The molecule has 1 rings (SSSR count). The first-order chi connectivity index (χ1) is 6.56. The van der Waals surface area contributed by atoms with Gasteiger partial charge in [-0.15, -0.1) is 0 Å². The number of ether oxygens (including phenoxy) is 1. The smallest absolute Gasteiger partial charge is 0.124 e. The molecule has 0 aliphatic heterocycles. The SMILES string of the molecule is COc1ccc(Cl)cc1C(O)C(C)C. The maximum Gasteiger partial charge on any atom is 0.124 e. The van der Waals surface area contributed by atoms with Crippen molar-refractivity contribution in [3.05, 3.63) is 28.8 Å². The minimum atomic E-state index is -0.538. The highest BCUT2D eigenvalue weighted by molar-refractivity contribution is 6.30. The maximum absolute atomic E-state index is 9.90. The quantitative estimate of drug-likeness (QED) is 0.838. The van der Waals surface area contributed by atoms with Crippen LogP contribution >= 0.6 is 11.6 Å². The zero-order chi connectivity index (χ0) is 10.7. The first-order valence-corrected chi connectivity index (χ1v) is 4.95. The molecule has 0 aliphatic carbocycles. The van der Waals surface area contributed by atoms with Crippen LogP contribution in [0, 0.1) is 5.92 Å². The van der Waals surface area contributed by atoms with Gasteiger partial charge in [0.05, 0.1) is 13.2 Å². The number of aliphatic hydroxyl groups is 1. The van der Waals surface area contributed by atoms with Crippen molar-refractivity contribution in [1.29, 1.82) is 0 Å². The van der Waals surface area contributed by atoms with Crippen molar-refractivity contribution in [3.8, 4) is 5.75 Å². The summed E-state index contributed by atoms with van der Waals surface area (Å²) in [7, 11) is 1.58. The van der Waals surface area contributed by atoms with Crippen LogP contribution in [-0.2, 0) is 0 Å². The van der Waals surface area contributed by atoms with Crippen molar-refractivity contribution in [2.45, 2.75) is 20.0 Å². The van der Waals surface area contributed by atoms with Gasteiger partial charge in [0.2, 0.25) is 0 Å². The fourth-order valence-corrected chi connectivity index (χ4v) is 1.48. The highest BCUT2D eigenvalue weighted by Crippen LogP contribution is 2.31. The average molecular weight is 215 g/mol. The Morgan fingerprint density at radius 2 is 2.00 bits per heavy atom. The van der Waals surface area contributed by atoms with E-state index in [2.05, 4.69) is 0 Å². The van der Waals surface area contributed by atoms with Gasteiger partial charge in [0.1, 0.15) is 5.75 Å². The lowest BCUT2D eigenvalue weighted by Crippen LogP contribution is -2.07. The summed E-state index contributed by atoms with van der Waals surface area (Å²) in [5.74, 6) is 0.818. The number of methoxy groups -OCH3 is 1. The molecule has 0 spiro atoms. The number of halogens is 1. The van der Waals surface area contributed by atoms with Crippen LogP contribution in [0.5, 0.6) is 5.75 Å². The summed E-state index contributed by atoms with van der Waals surface area (Å²) in [6.07, 6.45) is -0.538. The topological polar surface area (TPSA) is 29.5 Å². The number of rotatable bonds is 3. The van der Waals surface area contributed by atoms with Crippen LogP contribution < -0.4 is 4.74 Å². The first-order valence-electron chi connectivity index (χ1n) is 4.57. The summed E-state index contributed by atoms with van der Waals surface area (Å²) in [4.78, 5) is 0. The number of hydrogen-bond donors (Lipinski definition) is 1. The van der Waals surface area contributed by atoms with Gasteiger partial charge in [0, 0.05) is 10.6 Å². The third-order valence-corrected chi connectivity index (χ3v) is 2.38. The van der Waals surface area contributed by atoms with E-state index in [1.807, 2.05) is 13.8 Å². The fraction of sp³-hybridized carbons (Fsp3) is 0.455. The average Bonchev–Trinajstić information content (AvgIpc) is 2.16. The van der Waals surface area contributed by atoms with Crippen LogP contribution in [0.1, 0.15) is 25.5 Å². The molecule has 1 aromatic carbocycles. The van der Waals surface area contributed by atoms with Crippen molar-refractivity contribution in [1.82, 2.24) is 0 Å². The normalized spacial score (nSPS) is 13.0. The monoisotopic (exact) mass is 214 g/mol. The third kappa shape index (κ3) is 2.40. The minimum Gasteiger partial charge on any atom is -0.496 e. The van der Waals surface area contributed by atoms with Crippen LogP contribution in [0.25, 0.3) is 0 Å². The molecule has 0 radical (unpaired) electrons. The van der Waals surface area contributed by atoms with Crippen molar-refractivity contribution in [2.24, 2.45) is 5.92 Å². The molecule has 0 heterocycles. The second kappa shape index (κ2) is 4.67. The summed E-state index contributed by atoms with van der Waals surface area (Å²) in [6, 6.07) is 5.26. The van der Waals surface area contributed by atoms with Crippen LogP contribution in [-0.4, -0.2) is 12.2 Å². The van der Waals surface area contributed by atoms with Gasteiger partial charge in [0.15, 0.2) is 0 Å². The summed E-state index contributed by atoms with van der Waals surface area (Å²) in [6.45, 7) is 3.90. The molecule has 0 amide bonds. The second-order valence-electron chi connectivity index (χ2n) is 3.58. The predicted octanol–water partition coefficient (Wildman–Crippen LogP) is 3.04. The zero-order valence-electron chi connectivity index (χ0n) is 8.62. The van der Waals surface area contributed by atoms with Gasteiger partial charge < -0.3 is 9.84 Å². The zero-order valence-corrected chi connectivity index (χ0v) is 9.38. The number of benzene rings is 1. The minimum absolute atomic E-state index is 0.141. The van der Waals surface area contributed by atoms with Gasteiger partial charge in [0.25, 0.3) is 0 Å². The lowest BCUT2D eigenvalue weighted by Gasteiger charge is -2.17. The Labute approximate surface area is 89.5 Å². The van der Waals surface area contributed by atoms with E-state index in [4.69, 9.17) is 16.3 Å². The highest BCUT2D eigenvalue weighted by atomic mass is 35.5. The molecule has 2 nitrogen and oxygen atoms in total. The molecule has 1 atom stereocenters. The second-order valence-corrected chi connectivity index (χ2v) is 4.01. The summed E-state index contributed by atoms with van der Waals surface area (Å²) in [5.41, 5.74) is 0.745. The Balaban J connectivity index is 3.10. The van der Waals surface area contributed by atoms with Gasteiger partial charge in [-0.05, 0) is 24.1 Å². The molecule has 3 heteroatoms. The van der Waals surface area contributed by atoms with E-state index >= 15 is 0 Å². The fourth-order valence-electron chi connectivity index (χ4n) is 1.30. The van der Waals surface area contributed by atoms with E-state index < -0.39 is 6.10 Å². The predicted molar refractivity (Wildman–Crippen MR) is 57.8 cm³/mol. The number of hydrogen-bond acceptors (Lipinski definition) is 2. The third-order valence-electron chi connectivity index (χ3n) is 2.14. The summed E-state index contributed by atoms with van der Waals surface area (Å²) >= 11 is 5.86. The Hall–Kier alpha value is -0.730. The molecule has 1 N–H and O–H groups in total. The van der Waals surface area contributed by atoms with Gasteiger partial charge in [-0.3, -0.25) is 0 Å². The van der Waals surface area contributed by atoms with Crippen LogP contribution in [0.3, 0.4) is 0 Å². The molecule has 1 aromatic rings. The van der Waals surface area contributed by atoms with Gasteiger partial charge in [-0.25, -0.2) is 0 Å². The lowest BCUT2D eigenvalue weighted by molar-refractivity contribution is 0.123. The molecule has 0 bridgehead atoms. The van der Waals surface area contributed by atoms with Gasteiger partial charge >= 0.3 is 0 Å². The largest absolute Gasteiger partial charge is 0.496 e. The summed E-state index contributed by atoms with van der Waals surface area (Å²) in [5, 5.41) is 10.5. The first kappa shape index (κ1) is 11.3. The standard InChI is InChI=1S/C11H15ClO2/c1-7(2)11(13)9-6-8(12)4-5-10(9)14-3/h4-7,11,13H,1-3H3. The molecule has 14 heavy (non-hydrogen) atoms. The molecular formula is C11H15ClO2. The molecule has 0 saturated heterocycles. The van der Waals surface area contributed by atoms with Crippen molar-refractivity contribution in [2.75, 3.05) is 7.11 Å². The Bertz CT molecular complexity index is 310. The van der Waals surface area contributed by atoms with Crippen LogP contribution in [0.15, 0.2) is 18.2 Å². The molecule has 0 aromatic heterocycles. The van der Waals surface area contributed by atoms with Gasteiger partial charge in [-0.2, -0.15) is 0 Å². The molecule has 0 aliphatic rings. The lowest BCUT2D eigenvalue weighted by atomic mass is 9.98. The molecule has 1 unspecified atom stereocenters. The van der Waals surface area contributed by atoms with E-state index in [-0.39, 0.29) is 5.92 Å². The highest BCUT2D eigenvalue weighted by Gasteiger charge is 2.16. The molecule has 0 saturated carbocycles. The Kier molecular flexibility index (Phi) is 3.78. The van der Waals surface area contributed by atoms with E-state index in [1.54, 1.807) is 25.3 Å². The van der Waals surface area contributed by atoms with E-state index in [0.717, 1.165) is 5.56 Å². The molecule has 0 fully saturated rings. The Morgan fingerprint density at radius 1 is 1.36 bits per heavy atom. The van der Waals surface area contributed by atoms with Crippen molar-refractivity contribution < 1.29 is 9.84 Å². The maximum atomic E-state index is 9.90. The van der Waals surface area contributed by atoms with Gasteiger partial charge in [-0.1, -0.05) is 25.4 Å². The summed E-state index contributed by atoms with van der Waals surface area (Å²) < 4.78 is 5.15.